The molecule has 2 aromatic heterocycles. The number of fused-ring (bicyclic) bond motifs is 1. The van der Waals surface area contributed by atoms with Crippen molar-refractivity contribution < 1.29 is 14.3 Å². The number of piperidine rings is 1. The van der Waals surface area contributed by atoms with Crippen molar-refractivity contribution in [2.45, 2.75) is 25.4 Å². The molecule has 1 saturated heterocycles. The molecule has 0 aliphatic carbocycles. The summed E-state index contributed by atoms with van der Waals surface area (Å²) < 4.78 is 7.38. The van der Waals surface area contributed by atoms with Gasteiger partial charge in [0, 0.05) is 43.5 Å². The van der Waals surface area contributed by atoms with E-state index in [1.54, 1.807) is 12.5 Å². The van der Waals surface area contributed by atoms with Gasteiger partial charge in [-0.1, -0.05) is 18.2 Å². The summed E-state index contributed by atoms with van der Waals surface area (Å²) in [6.07, 6.45) is 6.56. The third-order valence-electron chi connectivity index (χ3n) is 5.36. The molecule has 1 N–H and O–H groups in total. The highest BCUT2D eigenvalue weighted by Gasteiger charge is 2.30. The highest BCUT2D eigenvalue weighted by atomic mass is 16.3. The molecular formula is C20H23N3O3. The number of amides is 1. The van der Waals surface area contributed by atoms with Gasteiger partial charge in [0.2, 0.25) is 5.91 Å². The van der Waals surface area contributed by atoms with E-state index in [0.29, 0.717) is 25.3 Å². The van der Waals surface area contributed by atoms with Crippen LogP contribution < -0.4 is 0 Å². The monoisotopic (exact) mass is 353 g/mol. The van der Waals surface area contributed by atoms with E-state index in [4.69, 9.17) is 4.42 Å². The van der Waals surface area contributed by atoms with Crippen LogP contribution in [-0.2, 0) is 18.3 Å². The van der Waals surface area contributed by atoms with Crippen LogP contribution in [0.3, 0.4) is 0 Å². The van der Waals surface area contributed by atoms with E-state index in [2.05, 4.69) is 4.98 Å². The van der Waals surface area contributed by atoms with Gasteiger partial charge in [-0.15, -0.1) is 0 Å². The van der Waals surface area contributed by atoms with Gasteiger partial charge in [-0.25, -0.2) is 4.98 Å². The van der Waals surface area contributed by atoms with Crippen molar-refractivity contribution in [3.05, 3.63) is 54.3 Å². The van der Waals surface area contributed by atoms with E-state index >= 15 is 0 Å². The molecule has 1 unspecified atom stereocenters. The van der Waals surface area contributed by atoms with Crippen molar-refractivity contribution in [3.63, 3.8) is 0 Å². The number of rotatable bonds is 4. The van der Waals surface area contributed by atoms with Gasteiger partial charge in [-0.3, -0.25) is 4.79 Å². The number of aryl methyl sites for hydroxylation is 1. The van der Waals surface area contributed by atoms with E-state index in [-0.39, 0.29) is 11.8 Å². The highest BCUT2D eigenvalue weighted by Crippen LogP contribution is 2.30. The summed E-state index contributed by atoms with van der Waals surface area (Å²) >= 11 is 0. The first-order valence-electron chi connectivity index (χ1n) is 9.01. The number of para-hydroxylation sites is 1. The molecule has 1 fully saturated rings. The number of likely N-dealkylation sites (tertiary alicyclic amines) is 1. The topological polar surface area (TPSA) is 71.5 Å². The van der Waals surface area contributed by atoms with Gasteiger partial charge < -0.3 is 19.0 Å². The van der Waals surface area contributed by atoms with Gasteiger partial charge in [-0.2, -0.15) is 0 Å². The Bertz CT molecular complexity index is 906. The van der Waals surface area contributed by atoms with E-state index in [9.17, 15) is 9.90 Å². The normalized spacial score (nSPS) is 16.9. The lowest BCUT2D eigenvalue weighted by Crippen LogP contribution is -2.40. The van der Waals surface area contributed by atoms with Crippen LogP contribution in [0.5, 0.6) is 0 Å². The second-order valence-corrected chi connectivity index (χ2v) is 6.99. The summed E-state index contributed by atoms with van der Waals surface area (Å²) in [6, 6.07) is 7.77. The fourth-order valence-corrected chi connectivity index (χ4v) is 3.78. The smallest absolute Gasteiger partial charge is 0.227 e. The zero-order chi connectivity index (χ0) is 18.1. The number of furan rings is 1. The number of nitrogens with zero attached hydrogens (tertiary/aromatic N) is 3. The van der Waals surface area contributed by atoms with Crippen molar-refractivity contribution >= 4 is 16.9 Å². The Hall–Kier alpha value is -2.60. The predicted molar refractivity (Wildman–Crippen MR) is 97.4 cm³/mol. The standard InChI is InChI=1S/C20H23N3O3/c1-22-11-8-21-20(22)19(25)14-6-9-23(10-7-14)18(24)12-15-13-26-17-5-3-2-4-16(15)17/h2-5,8,11,13-14,19,25H,6-7,9-10,12H2,1H3. The second kappa shape index (κ2) is 6.96. The van der Waals surface area contributed by atoms with Gasteiger partial charge in [-0.05, 0) is 24.8 Å². The number of imidazole rings is 1. The lowest BCUT2D eigenvalue weighted by Gasteiger charge is -2.34. The molecule has 1 aliphatic heterocycles. The number of carbonyl (C=O) groups is 1. The van der Waals surface area contributed by atoms with Crippen LogP contribution in [0, 0.1) is 5.92 Å². The van der Waals surface area contributed by atoms with Gasteiger partial charge in [0.05, 0.1) is 12.7 Å². The number of carbonyl (C=O) groups excluding carboxylic acids is 1. The minimum atomic E-state index is -0.579. The van der Waals surface area contributed by atoms with Crippen molar-refractivity contribution in [1.82, 2.24) is 14.5 Å². The van der Waals surface area contributed by atoms with Gasteiger partial charge in [0.1, 0.15) is 17.5 Å². The third kappa shape index (κ3) is 3.12. The fraction of sp³-hybridized carbons (Fsp3) is 0.400. The number of hydrogen-bond acceptors (Lipinski definition) is 4. The summed E-state index contributed by atoms with van der Waals surface area (Å²) in [5.41, 5.74) is 1.74. The van der Waals surface area contributed by atoms with E-state index in [1.165, 1.54) is 0 Å². The van der Waals surface area contributed by atoms with Crippen LogP contribution in [-0.4, -0.2) is 38.6 Å². The fourth-order valence-electron chi connectivity index (χ4n) is 3.78. The second-order valence-electron chi connectivity index (χ2n) is 6.99. The molecule has 3 heterocycles. The molecular weight excluding hydrogens is 330 g/mol. The Labute approximate surface area is 152 Å². The quantitative estimate of drug-likeness (QED) is 0.783. The molecule has 3 aromatic rings. The number of aliphatic hydroxyl groups excluding tert-OH is 1. The van der Waals surface area contributed by atoms with E-state index in [0.717, 1.165) is 29.4 Å². The molecule has 0 saturated carbocycles. The molecule has 0 spiro atoms. The van der Waals surface area contributed by atoms with Gasteiger partial charge >= 0.3 is 0 Å². The maximum absolute atomic E-state index is 12.7. The number of aliphatic hydroxyl groups is 1. The molecule has 136 valence electrons. The van der Waals surface area contributed by atoms with Crippen LogP contribution in [0.15, 0.2) is 47.3 Å². The Morgan fingerprint density at radius 3 is 2.85 bits per heavy atom. The number of aromatic nitrogens is 2. The summed E-state index contributed by atoms with van der Waals surface area (Å²) in [4.78, 5) is 18.8. The number of hydrogen-bond donors (Lipinski definition) is 1. The summed E-state index contributed by atoms with van der Waals surface area (Å²) in [5.74, 6) is 0.941. The van der Waals surface area contributed by atoms with Crippen LogP contribution in [0.2, 0.25) is 0 Å². The van der Waals surface area contributed by atoms with Crippen molar-refractivity contribution in [1.29, 1.82) is 0 Å². The molecule has 1 aromatic carbocycles. The summed E-state index contributed by atoms with van der Waals surface area (Å²) in [5, 5.41) is 11.6. The SMILES string of the molecule is Cn1ccnc1C(O)C1CCN(C(=O)Cc2coc3ccccc23)CC1. The number of benzene rings is 1. The summed E-state index contributed by atoms with van der Waals surface area (Å²) in [6.45, 7) is 1.33. The average molecular weight is 353 g/mol. The van der Waals surface area contributed by atoms with Crippen LogP contribution in [0.25, 0.3) is 11.0 Å². The Morgan fingerprint density at radius 1 is 1.35 bits per heavy atom. The maximum Gasteiger partial charge on any atom is 0.227 e. The van der Waals surface area contributed by atoms with Crippen LogP contribution in [0.1, 0.15) is 30.3 Å². The average Bonchev–Trinajstić information content (AvgIpc) is 3.28. The molecule has 0 bridgehead atoms. The Morgan fingerprint density at radius 2 is 2.12 bits per heavy atom. The minimum Gasteiger partial charge on any atom is -0.464 e. The Kier molecular flexibility index (Phi) is 4.51. The van der Waals surface area contributed by atoms with E-state index < -0.39 is 6.10 Å². The van der Waals surface area contributed by atoms with Crippen LogP contribution in [0.4, 0.5) is 0 Å². The largest absolute Gasteiger partial charge is 0.464 e. The zero-order valence-electron chi connectivity index (χ0n) is 14.8. The highest BCUT2D eigenvalue weighted by molar-refractivity contribution is 5.87. The lowest BCUT2D eigenvalue weighted by molar-refractivity contribution is -0.132. The molecule has 1 aliphatic rings. The molecule has 6 nitrogen and oxygen atoms in total. The first-order valence-corrected chi connectivity index (χ1v) is 9.01. The van der Waals surface area contributed by atoms with Crippen LogP contribution >= 0.6 is 0 Å². The molecule has 1 atom stereocenters. The first kappa shape index (κ1) is 16.8. The summed E-state index contributed by atoms with van der Waals surface area (Å²) in [7, 11) is 1.89. The maximum atomic E-state index is 12.7. The van der Waals surface area contributed by atoms with Crippen molar-refractivity contribution in [2.24, 2.45) is 13.0 Å². The van der Waals surface area contributed by atoms with E-state index in [1.807, 2.05) is 47.0 Å². The minimum absolute atomic E-state index is 0.112. The molecule has 0 radical (unpaired) electrons. The zero-order valence-corrected chi connectivity index (χ0v) is 14.8. The Balaban J connectivity index is 1.37. The predicted octanol–water partition coefficient (Wildman–Crippen LogP) is 2.68. The van der Waals surface area contributed by atoms with Crippen molar-refractivity contribution in [3.8, 4) is 0 Å². The third-order valence-corrected chi connectivity index (χ3v) is 5.36. The van der Waals surface area contributed by atoms with Crippen molar-refractivity contribution in [2.75, 3.05) is 13.1 Å². The van der Waals surface area contributed by atoms with Gasteiger partial charge in [0.15, 0.2) is 0 Å². The molecule has 6 heteroatoms. The molecule has 26 heavy (non-hydrogen) atoms. The molecule has 1 amide bonds. The first-order chi connectivity index (χ1) is 12.6. The van der Waals surface area contributed by atoms with Gasteiger partial charge in [0.25, 0.3) is 0 Å². The lowest BCUT2D eigenvalue weighted by atomic mass is 9.90. The molecule has 4 rings (SSSR count).